The third kappa shape index (κ3) is 6.97. The number of amides is 1. The summed E-state index contributed by atoms with van der Waals surface area (Å²) in [6.45, 7) is 5.20. The van der Waals surface area contributed by atoms with Gasteiger partial charge >= 0.3 is 0 Å². The van der Waals surface area contributed by atoms with Crippen LogP contribution >= 0.6 is 0 Å². The van der Waals surface area contributed by atoms with Crippen LogP contribution in [0, 0.1) is 5.92 Å². The van der Waals surface area contributed by atoms with Gasteiger partial charge < -0.3 is 11.1 Å². The molecule has 3 N–H and O–H groups in total. The van der Waals surface area contributed by atoms with Crippen LogP contribution in [0.1, 0.15) is 51.1 Å². The van der Waals surface area contributed by atoms with E-state index in [-0.39, 0.29) is 11.9 Å². The Labute approximate surface area is 116 Å². The molecule has 0 aliphatic carbocycles. The van der Waals surface area contributed by atoms with Crippen molar-refractivity contribution < 1.29 is 4.79 Å². The van der Waals surface area contributed by atoms with Gasteiger partial charge in [0.05, 0.1) is 0 Å². The van der Waals surface area contributed by atoms with Crippen molar-refractivity contribution in [1.29, 1.82) is 0 Å². The van der Waals surface area contributed by atoms with Crippen molar-refractivity contribution >= 4 is 5.91 Å². The first-order valence-electron chi connectivity index (χ1n) is 7.17. The normalized spacial score (nSPS) is 12.4. The molecule has 0 aliphatic heterocycles. The van der Waals surface area contributed by atoms with E-state index in [1.807, 2.05) is 30.3 Å². The van der Waals surface area contributed by atoms with Gasteiger partial charge in [-0.05, 0) is 17.9 Å². The van der Waals surface area contributed by atoms with Crippen LogP contribution in [0.25, 0.3) is 0 Å². The zero-order chi connectivity index (χ0) is 14.1. The molecule has 1 aromatic rings. The number of hydrogen-bond donors (Lipinski definition) is 2. The third-order valence-electron chi connectivity index (χ3n) is 3.16. The van der Waals surface area contributed by atoms with Crippen LogP contribution < -0.4 is 11.1 Å². The summed E-state index contributed by atoms with van der Waals surface area (Å²) in [6, 6.07) is 9.54. The Kier molecular flexibility index (Phi) is 7.19. The Morgan fingerprint density at radius 1 is 1.21 bits per heavy atom. The summed E-state index contributed by atoms with van der Waals surface area (Å²) in [6.07, 6.45) is 3.79. The molecule has 0 heterocycles. The lowest BCUT2D eigenvalue weighted by Gasteiger charge is -2.12. The molecule has 1 atom stereocenters. The predicted molar refractivity (Wildman–Crippen MR) is 79.7 cm³/mol. The van der Waals surface area contributed by atoms with E-state index >= 15 is 0 Å². The molecule has 19 heavy (non-hydrogen) atoms. The third-order valence-corrected chi connectivity index (χ3v) is 3.16. The molecule has 0 radical (unpaired) electrons. The van der Waals surface area contributed by atoms with Gasteiger partial charge in [0.25, 0.3) is 0 Å². The summed E-state index contributed by atoms with van der Waals surface area (Å²) >= 11 is 0. The van der Waals surface area contributed by atoms with E-state index in [0.717, 1.165) is 24.4 Å². The largest absolute Gasteiger partial charge is 0.356 e. The van der Waals surface area contributed by atoms with Crippen molar-refractivity contribution in [3.8, 4) is 0 Å². The molecule has 0 saturated carbocycles. The van der Waals surface area contributed by atoms with Crippen molar-refractivity contribution in [3.05, 3.63) is 35.9 Å². The zero-order valence-electron chi connectivity index (χ0n) is 12.1. The van der Waals surface area contributed by atoms with Gasteiger partial charge in [-0.2, -0.15) is 0 Å². The van der Waals surface area contributed by atoms with Crippen LogP contribution in [0.5, 0.6) is 0 Å². The van der Waals surface area contributed by atoms with E-state index in [1.54, 1.807) is 0 Å². The molecule has 0 aliphatic rings. The summed E-state index contributed by atoms with van der Waals surface area (Å²) in [7, 11) is 0. The first-order chi connectivity index (χ1) is 9.09. The molecule has 106 valence electrons. The minimum absolute atomic E-state index is 0.0425. The maximum atomic E-state index is 11.7. The van der Waals surface area contributed by atoms with Crippen molar-refractivity contribution in [2.24, 2.45) is 11.7 Å². The maximum Gasteiger partial charge on any atom is 0.221 e. The summed E-state index contributed by atoms with van der Waals surface area (Å²) in [5.74, 6) is 0.781. The zero-order valence-corrected chi connectivity index (χ0v) is 12.1. The summed E-state index contributed by atoms with van der Waals surface area (Å²) in [5, 5.41) is 2.94. The lowest BCUT2D eigenvalue weighted by Crippen LogP contribution is -2.28. The smallest absolute Gasteiger partial charge is 0.221 e. The van der Waals surface area contributed by atoms with E-state index in [0.29, 0.717) is 6.42 Å². The molecule has 1 aromatic carbocycles. The molecule has 3 heteroatoms. The van der Waals surface area contributed by atoms with Crippen LogP contribution in [0.2, 0.25) is 0 Å². The molecule has 0 aromatic heterocycles. The van der Waals surface area contributed by atoms with Gasteiger partial charge in [0, 0.05) is 19.0 Å². The van der Waals surface area contributed by atoms with Crippen molar-refractivity contribution in [3.63, 3.8) is 0 Å². The first kappa shape index (κ1) is 15.7. The molecule has 1 amide bonds. The molecule has 0 fully saturated rings. The fraction of sp³-hybridized carbons (Fsp3) is 0.562. The fourth-order valence-electron chi connectivity index (χ4n) is 2.00. The number of nitrogens with two attached hydrogens (primary N) is 1. The molecular formula is C16H26N2O. The Balaban J connectivity index is 2.17. The number of carbonyl (C=O) groups excluding carboxylic acids is 1. The van der Waals surface area contributed by atoms with Gasteiger partial charge in [-0.3, -0.25) is 4.79 Å². The van der Waals surface area contributed by atoms with Crippen LogP contribution in [0.15, 0.2) is 30.3 Å². The highest BCUT2D eigenvalue weighted by Crippen LogP contribution is 2.12. The number of unbranched alkanes of at least 4 members (excludes halogenated alkanes) is 1. The number of benzene rings is 1. The number of rotatable bonds is 8. The van der Waals surface area contributed by atoms with Crippen molar-refractivity contribution in [1.82, 2.24) is 5.32 Å². The number of carbonyl (C=O) groups is 1. The van der Waals surface area contributed by atoms with Crippen LogP contribution in [0.3, 0.4) is 0 Å². The lowest BCUT2D eigenvalue weighted by atomic mass is 10.0. The molecule has 0 saturated heterocycles. The highest BCUT2D eigenvalue weighted by molar-refractivity contribution is 5.76. The maximum absolute atomic E-state index is 11.7. The SMILES string of the molecule is CC(C)CCCCNC(=O)CC(N)c1ccccc1. The topological polar surface area (TPSA) is 55.1 Å². The van der Waals surface area contributed by atoms with Crippen molar-refractivity contribution in [2.45, 2.75) is 45.6 Å². The summed E-state index contributed by atoms with van der Waals surface area (Å²) < 4.78 is 0. The second-order valence-corrected chi connectivity index (χ2v) is 5.46. The van der Waals surface area contributed by atoms with Gasteiger partial charge in [-0.1, -0.05) is 57.0 Å². The predicted octanol–water partition coefficient (Wildman–Crippen LogP) is 3.02. The van der Waals surface area contributed by atoms with E-state index in [4.69, 9.17) is 5.73 Å². The first-order valence-corrected chi connectivity index (χ1v) is 7.17. The van der Waals surface area contributed by atoms with Gasteiger partial charge in [0.15, 0.2) is 0 Å². The van der Waals surface area contributed by atoms with Gasteiger partial charge in [0.1, 0.15) is 0 Å². The van der Waals surface area contributed by atoms with E-state index in [1.165, 1.54) is 12.8 Å². The minimum Gasteiger partial charge on any atom is -0.356 e. The monoisotopic (exact) mass is 262 g/mol. The highest BCUT2D eigenvalue weighted by Gasteiger charge is 2.10. The highest BCUT2D eigenvalue weighted by atomic mass is 16.1. The van der Waals surface area contributed by atoms with Gasteiger partial charge in [0.2, 0.25) is 5.91 Å². The van der Waals surface area contributed by atoms with E-state index in [9.17, 15) is 4.79 Å². The number of nitrogens with one attached hydrogen (secondary N) is 1. The Morgan fingerprint density at radius 3 is 2.53 bits per heavy atom. The quantitative estimate of drug-likeness (QED) is 0.708. The summed E-state index contributed by atoms with van der Waals surface area (Å²) in [4.78, 5) is 11.7. The van der Waals surface area contributed by atoms with E-state index in [2.05, 4.69) is 19.2 Å². The van der Waals surface area contributed by atoms with E-state index < -0.39 is 0 Å². The molecule has 0 spiro atoms. The van der Waals surface area contributed by atoms with Crippen LogP contribution in [-0.4, -0.2) is 12.5 Å². The minimum atomic E-state index is -0.211. The number of hydrogen-bond acceptors (Lipinski definition) is 2. The van der Waals surface area contributed by atoms with Gasteiger partial charge in [-0.15, -0.1) is 0 Å². The molecule has 0 bridgehead atoms. The van der Waals surface area contributed by atoms with Gasteiger partial charge in [-0.25, -0.2) is 0 Å². The summed E-state index contributed by atoms with van der Waals surface area (Å²) in [5.41, 5.74) is 7.02. The standard InChI is InChI=1S/C16H26N2O/c1-13(2)8-6-7-11-18-16(19)12-15(17)14-9-4-3-5-10-14/h3-5,9-10,13,15H,6-8,11-12,17H2,1-2H3,(H,18,19). The second kappa shape index (κ2) is 8.70. The Morgan fingerprint density at radius 2 is 1.89 bits per heavy atom. The Hall–Kier alpha value is -1.35. The molecule has 3 nitrogen and oxygen atoms in total. The molecule has 1 unspecified atom stereocenters. The van der Waals surface area contributed by atoms with Crippen molar-refractivity contribution in [2.75, 3.05) is 6.54 Å². The lowest BCUT2D eigenvalue weighted by molar-refractivity contribution is -0.121. The molecular weight excluding hydrogens is 236 g/mol. The second-order valence-electron chi connectivity index (χ2n) is 5.46. The van der Waals surface area contributed by atoms with Crippen LogP contribution in [-0.2, 0) is 4.79 Å². The Bertz CT molecular complexity index is 362. The molecule has 1 rings (SSSR count). The fourth-order valence-corrected chi connectivity index (χ4v) is 2.00. The van der Waals surface area contributed by atoms with Crippen LogP contribution in [0.4, 0.5) is 0 Å². The average Bonchev–Trinajstić information content (AvgIpc) is 2.39. The average molecular weight is 262 g/mol.